The van der Waals surface area contributed by atoms with Crippen LogP contribution in [0.3, 0.4) is 0 Å². The summed E-state index contributed by atoms with van der Waals surface area (Å²) in [6, 6.07) is 8.23. The van der Waals surface area contributed by atoms with Crippen LogP contribution in [0.15, 0.2) is 30.5 Å². The molecule has 1 aliphatic carbocycles. The summed E-state index contributed by atoms with van der Waals surface area (Å²) in [6.45, 7) is 4.64. The third-order valence-corrected chi connectivity index (χ3v) is 6.71. The zero-order valence-electron chi connectivity index (χ0n) is 19.3. The van der Waals surface area contributed by atoms with Crippen LogP contribution in [0, 0.1) is 5.82 Å². The Kier molecular flexibility index (Phi) is 7.20. The van der Waals surface area contributed by atoms with E-state index in [1.807, 2.05) is 29.2 Å². The number of likely N-dealkylation sites (tertiary alicyclic amines) is 1. The van der Waals surface area contributed by atoms with Crippen LogP contribution in [-0.2, 0) is 9.59 Å². The lowest BCUT2D eigenvalue weighted by atomic mass is 9.89. The molecule has 1 atom stereocenters. The molecule has 33 heavy (non-hydrogen) atoms. The highest BCUT2D eigenvalue weighted by Crippen LogP contribution is 2.31. The number of carbonyl (C=O) groups is 2. The number of aromatic nitrogens is 2. The molecule has 2 amide bonds. The van der Waals surface area contributed by atoms with Crippen molar-refractivity contribution in [1.82, 2.24) is 20.2 Å². The van der Waals surface area contributed by atoms with E-state index in [1.165, 1.54) is 6.20 Å². The van der Waals surface area contributed by atoms with Crippen molar-refractivity contribution >= 4 is 17.8 Å². The average molecular weight is 454 g/mol. The van der Waals surface area contributed by atoms with Crippen molar-refractivity contribution in [3.8, 4) is 11.3 Å². The number of halogens is 1. The lowest BCUT2D eigenvalue weighted by Gasteiger charge is -2.32. The third kappa shape index (κ3) is 5.86. The predicted octanol–water partition coefficient (Wildman–Crippen LogP) is 3.87. The fourth-order valence-corrected chi connectivity index (χ4v) is 4.97. The van der Waals surface area contributed by atoms with Crippen molar-refractivity contribution in [2.24, 2.45) is 0 Å². The molecule has 2 heterocycles. The summed E-state index contributed by atoms with van der Waals surface area (Å²) in [5.74, 6) is 0.298. The maximum absolute atomic E-state index is 14.7. The number of amides is 2. The van der Waals surface area contributed by atoms with Crippen molar-refractivity contribution in [3.63, 3.8) is 0 Å². The fraction of sp³-hybridized carbons (Fsp3) is 0.520. The molecular weight excluding hydrogens is 421 g/mol. The summed E-state index contributed by atoms with van der Waals surface area (Å²) < 4.78 is 14.7. The van der Waals surface area contributed by atoms with Gasteiger partial charge in [-0.05, 0) is 50.2 Å². The van der Waals surface area contributed by atoms with Crippen LogP contribution in [0.5, 0.6) is 0 Å². The van der Waals surface area contributed by atoms with Crippen molar-refractivity contribution in [3.05, 3.63) is 41.8 Å². The molecule has 1 saturated heterocycles. The Morgan fingerprint density at radius 2 is 1.85 bits per heavy atom. The maximum Gasteiger partial charge on any atom is 0.223 e. The number of hydrogen-bond acceptors (Lipinski definition) is 5. The Bertz CT molecular complexity index is 1010. The van der Waals surface area contributed by atoms with Crippen LogP contribution in [-0.4, -0.2) is 51.9 Å². The van der Waals surface area contributed by atoms with E-state index in [1.54, 1.807) is 13.8 Å². The van der Waals surface area contributed by atoms with Gasteiger partial charge in [-0.3, -0.25) is 9.59 Å². The first-order chi connectivity index (χ1) is 15.9. The average Bonchev–Trinajstić information content (AvgIpc) is 2.81. The number of benzene rings is 1. The number of nitrogens with zero attached hydrogens (tertiary/aromatic N) is 3. The second-order valence-electron chi connectivity index (χ2n) is 9.21. The van der Waals surface area contributed by atoms with Gasteiger partial charge in [0.2, 0.25) is 17.8 Å². The van der Waals surface area contributed by atoms with E-state index in [4.69, 9.17) is 0 Å². The molecule has 0 bridgehead atoms. The van der Waals surface area contributed by atoms with E-state index < -0.39 is 5.82 Å². The normalized spacial score (nSPS) is 23.1. The predicted molar refractivity (Wildman–Crippen MR) is 125 cm³/mol. The molecule has 8 heteroatoms. The van der Waals surface area contributed by atoms with Crippen LogP contribution in [0.25, 0.3) is 11.3 Å². The van der Waals surface area contributed by atoms with E-state index in [-0.39, 0.29) is 35.5 Å². The minimum absolute atomic E-state index is 0.00220. The third-order valence-electron chi connectivity index (χ3n) is 6.71. The number of anilines is 1. The fourth-order valence-electron chi connectivity index (χ4n) is 4.97. The first-order valence-electron chi connectivity index (χ1n) is 11.8. The molecule has 2 fully saturated rings. The molecule has 2 aromatic rings. The number of nitrogens with one attached hydrogen (secondary N) is 2. The molecule has 4 rings (SSSR count). The largest absolute Gasteiger partial charge is 0.354 e. The lowest BCUT2D eigenvalue weighted by molar-refractivity contribution is -0.130. The topological polar surface area (TPSA) is 87.2 Å². The molecule has 1 aromatic heterocycles. The van der Waals surface area contributed by atoms with Gasteiger partial charge in [0.25, 0.3) is 0 Å². The van der Waals surface area contributed by atoms with Crippen molar-refractivity contribution in [2.75, 3.05) is 18.4 Å². The molecule has 7 nitrogen and oxygen atoms in total. The van der Waals surface area contributed by atoms with Gasteiger partial charge < -0.3 is 15.5 Å². The van der Waals surface area contributed by atoms with Crippen molar-refractivity contribution in [1.29, 1.82) is 0 Å². The summed E-state index contributed by atoms with van der Waals surface area (Å²) in [5, 5.41) is 6.32. The summed E-state index contributed by atoms with van der Waals surface area (Å²) in [7, 11) is 0. The van der Waals surface area contributed by atoms with Crippen LogP contribution < -0.4 is 10.6 Å². The van der Waals surface area contributed by atoms with Crippen LogP contribution in [0.2, 0.25) is 0 Å². The summed E-state index contributed by atoms with van der Waals surface area (Å²) in [4.78, 5) is 33.6. The second kappa shape index (κ2) is 10.3. The first kappa shape index (κ1) is 23.1. The molecule has 0 radical (unpaired) electrons. The molecule has 1 unspecified atom stereocenters. The van der Waals surface area contributed by atoms with Gasteiger partial charge >= 0.3 is 0 Å². The summed E-state index contributed by atoms with van der Waals surface area (Å²) in [5.41, 5.74) is 2.09. The van der Waals surface area contributed by atoms with Gasteiger partial charge in [-0.2, -0.15) is 0 Å². The van der Waals surface area contributed by atoms with Gasteiger partial charge in [0.1, 0.15) is 5.69 Å². The highest BCUT2D eigenvalue weighted by Gasteiger charge is 2.24. The van der Waals surface area contributed by atoms with Crippen LogP contribution in [0.4, 0.5) is 10.3 Å². The van der Waals surface area contributed by atoms with E-state index in [0.717, 1.165) is 50.6 Å². The number of piperidine rings is 1. The van der Waals surface area contributed by atoms with Gasteiger partial charge in [0.15, 0.2) is 5.82 Å². The zero-order valence-corrected chi connectivity index (χ0v) is 19.3. The van der Waals surface area contributed by atoms with Crippen LogP contribution in [0.1, 0.15) is 63.9 Å². The Hall–Kier alpha value is -3.03. The molecule has 2 N–H and O–H groups in total. The van der Waals surface area contributed by atoms with E-state index in [0.29, 0.717) is 18.1 Å². The van der Waals surface area contributed by atoms with Gasteiger partial charge in [0.05, 0.1) is 6.20 Å². The van der Waals surface area contributed by atoms with E-state index in [9.17, 15) is 14.0 Å². The van der Waals surface area contributed by atoms with Crippen LogP contribution >= 0.6 is 0 Å². The Morgan fingerprint density at radius 3 is 2.58 bits per heavy atom. The van der Waals surface area contributed by atoms with Gasteiger partial charge in [-0.15, -0.1) is 0 Å². The molecule has 1 saturated carbocycles. The monoisotopic (exact) mass is 453 g/mol. The molecule has 1 aromatic carbocycles. The maximum atomic E-state index is 14.7. The summed E-state index contributed by atoms with van der Waals surface area (Å²) in [6.07, 6.45) is 6.77. The van der Waals surface area contributed by atoms with E-state index >= 15 is 0 Å². The lowest BCUT2D eigenvalue weighted by Crippen LogP contribution is -2.39. The quantitative estimate of drug-likeness (QED) is 0.718. The molecular formula is C25H32FN5O2. The molecule has 176 valence electrons. The second-order valence-corrected chi connectivity index (χ2v) is 9.21. The standard InChI is InChI=1S/C25H32FN5O2/c1-16(32)28-21-8-10-22(11-9-21)29-25-27-14-23(26)24(30-25)19-6-3-5-18(13-19)20-7-4-12-31(15-20)17(2)33/h3,5-6,13-14,20-22H,4,7-12,15H2,1-2H3,(H,28,32)(H,27,29,30)/t20?,21-,22-. The highest BCUT2D eigenvalue weighted by molar-refractivity contribution is 5.73. The Morgan fingerprint density at radius 1 is 1.09 bits per heavy atom. The Balaban J connectivity index is 1.46. The van der Waals surface area contributed by atoms with Crippen molar-refractivity contribution in [2.45, 2.75) is 70.4 Å². The molecule has 1 aliphatic heterocycles. The highest BCUT2D eigenvalue weighted by atomic mass is 19.1. The first-order valence-corrected chi connectivity index (χ1v) is 11.8. The smallest absolute Gasteiger partial charge is 0.223 e. The SMILES string of the molecule is CC(=O)N[C@H]1CC[C@H](Nc2ncc(F)c(-c3cccc(C4CCCN(C(C)=O)C4)c3)n2)CC1. The number of hydrogen-bond donors (Lipinski definition) is 2. The number of carbonyl (C=O) groups excluding carboxylic acids is 2. The molecule has 0 spiro atoms. The molecule has 2 aliphatic rings. The van der Waals surface area contributed by atoms with Crippen molar-refractivity contribution < 1.29 is 14.0 Å². The minimum atomic E-state index is -0.457. The Labute approximate surface area is 194 Å². The summed E-state index contributed by atoms with van der Waals surface area (Å²) >= 11 is 0. The van der Waals surface area contributed by atoms with Gasteiger partial charge in [0, 0.05) is 50.5 Å². The minimum Gasteiger partial charge on any atom is -0.354 e. The number of rotatable bonds is 5. The van der Waals surface area contributed by atoms with Gasteiger partial charge in [-0.25, -0.2) is 14.4 Å². The van der Waals surface area contributed by atoms with E-state index in [2.05, 4.69) is 20.6 Å². The van der Waals surface area contributed by atoms with Gasteiger partial charge in [-0.1, -0.05) is 18.2 Å². The zero-order chi connectivity index (χ0) is 23.4.